The number of carbonyl (C=O) groups excluding carboxylic acids is 1. The van der Waals surface area contributed by atoms with E-state index in [9.17, 15) is 9.90 Å². The van der Waals surface area contributed by atoms with Crippen LogP contribution in [-0.2, 0) is 11.2 Å². The topological polar surface area (TPSA) is 46.5 Å². The van der Waals surface area contributed by atoms with E-state index in [-0.39, 0.29) is 5.60 Å². The first kappa shape index (κ1) is 12.9. The zero-order chi connectivity index (χ0) is 13.3. The second kappa shape index (κ2) is 4.63. The lowest BCUT2D eigenvalue weighted by Gasteiger charge is -2.36. The number of benzene rings is 1. The van der Waals surface area contributed by atoms with Crippen LogP contribution in [0.4, 0.5) is 0 Å². The Balaban J connectivity index is 2.34. The molecule has 1 heterocycles. The Kier molecular flexibility index (Phi) is 3.33. The monoisotopic (exact) mass is 247 g/mol. The molecule has 3 heteroatoms. The van der Waals surface area contributed by atoms with Gasteiger partial charge in [-0.3, -0.25) is 4.79 Å². The van der Waals surface area contributed by atoms with Gasteiger partial charge in [-0.2, -0.15) is 0 Å². The van der Waals surface area contributed by atoms with Gasteiger partial charge in [0.2, 0.25) is 0 Å². The quantitative estimate of drug-likeness (QED) is 0.893. The smallest absolute Gasteiger partial charge is 0.198 e. The van der Waals surface area contributed by atoms with Crippen molar-refractivity contribution in [3.8, 4) is 11.5 Å². The van der Waals surface area contributed by atoms with Crippen molar-refractivity contribution in [1.82, 2.24) is 0 Å². The van der Waals surface area contributed by atoms with Gasteiger partial charge in [0.15, 0.2) is 6.29 Å². The van der Waals surface area contributed by atoms with E-state index in [1.165, 1.54) is 0 Å². The van der Waals surface area contributed by atoms with Gasteiger partial charge in [-0.25, -0.2) is 0 Å². The number of hydrogen-bond donors (Lipinski definition) is 1. The van der Waals surface area contributed by atoms with Crippen LogP contribution in [0.5, 0.6) is 11.5 Å². The lowest BCUT2D eigenvalue weighted by atomic mass is 9.87. The van der Waals surface area contributed by atoms with E-state index in [4.69, 9.17) is 4.74 Å². The van der Waals surface area contributed by atoms with Crippen LogP contribution in [0.3, 0.4) is 0 Å². The molecule has 18 heavy (non-hydrogen) atoms. The molecule has 3 nitrogen and oxygen atoms in total. The Morgan fingerprint density at radius 1 is 1.44 bits per heavy atom. The molecule has 1 atom stereocenters. The summed E-state index contributed by atoms with van der Waals surface area (Å²) in [7, 11) is 0. The van der Waals surface area contributed by atoms with Crippen molar-refractivity contribution in [1.29, 1.82) is 0 Å². The van der Waals surface area contributed by atoms with Crippen LogP contribution >= 0.6 is 0 Å². The van der Waals surface area contributed by atoms with Crippen molar-refractivity contribution >= 4 is 6.29 Å². The number of hydrogen-bond acceptors (Lipinski definition) is 3. The molecule has 0 aliphatic carbocycles. The van der Waals surface area contributed by atoms with Gasteiger partial charge in [0.1, 0.15) is 17.1 Å². The van der Waals surface area contributed by atoms with Crippen LogP contribution in [0.1, 0.15) is 42.9 Å². The number of phenols is 1. The average molecular weight is 247 g/mol. The molecular formula is C15H19O3. The molecule has 0 fully saturated rings. The van der Waals surface area contributed by atoms with E-state index in [1.807, 2.05) is 27.1 Å². The SMILES string of the molecule is Cc1c(O)cc2c(c1C)OC(C)(CC[C]=O)CC2. The third kappa shape index (κ3) is 2.22. The van der Waals surface area contributed by atoms with E-state index in [1.54, 1.807) is 6.07 Å². The summed E-state index contributed by atoms with van der Waals surface area (Å²) in [6.45, 7) is 5.89. The van der Waals surface area contributed by atoms with Crippen molar-refractivity contribution in [2.75, 3.05) is 0 Å². The fraction of sp³-hybridized carbons (Fsp3) is 0.533. The zero-order valence-corrected chi connectivity index (χ0v) is 11.2. The van der Waals surface area contributed by atoms with Crippen molar-refractivity contribution < 1.29 is 14.6 Å². The minimum absolute atomic E-state index is 0.293. The molecule has 0 bridgehead atoms. The van der Waals surface area contributed by atoms with E-state index in [0.717, 1.165) is 35.3 Å². The van der Waals surface area contributed by atoms with Crippen LogP contribution in [0, 0.1) is 13.8 Å². The van der Waals surface area contributed by atoms with Crippen molar-refractivity contribution in [3.63, 3.8) is 0 Å². The molecule has 2 rings (SSSR count). The summed E-state index contributed by atoms with van der Waals surface area (Å²) in [5, 5.41) is 9.82. The summed E-state index contributed by atoms with van der Waals surface area (Å²) in [6, 6.07) is 1.79. The van der Waals surface area contributed by atoms with Crippen LogP contribution in [-0.4, -0.2) is 17.0 Å². The summed E-state index contributed by atoms with van der Waals surface area (Å²) < 4.78 is 6.10. The number of rotatable bonds is 3. The number of aromatic hydroxyl groups is 1. The maximum Gasteiger partial charge on any atom is 0.198 e. The standard InChI is InChI=1S/C15H19O3/c1-10-11(2)14-12(9-13(10)17)5-7-15(3,18-14)6-4-8-16/h9,17H,4-7H2,1-3H3. The molecule has 0 spiro atoms. The minimum Gasteiger partial charge on any atom is -0.508 e. The second-order valence-corrected chi connectivity index (χ2v) is 5.33. The van der Waals surface area contributed by atoms with Crippen molar-refractivity contribution in [3.05, 3.63) is 22.8 Å². The Hall–Kier alpha value is -1.51. The molecular weight excluding hydrogens is 228 g/mol. The van der Waals surface area contributed by atoms with E-state index < -0.39 is 0 Å². The number of fused-ring (bicyclic) bond motifs is 1. The summed E-state index contributed by atoms with van der Waals surface area (Å²) in [6.07, 6.45) is 4.76. The highest BCUT2D eigenvalue weighted by Crippen LogP contribution is 2.41. The summed E-state index contributed by atoms with van der Waals surface area (Å²) in [5.74, 6) is 1.21. The number of ether oxygens (including phenoxy) is 1. The molecule has 0 saturated carbocycles. The molecule has 1 unspecified atom stereocenters. The van der Waals surface area contributed by atoms with Crippen LogP contribution in [0.25, 0.3) is 0 Å². The molecule has 1 aromatic carbocycles. The van der Waals surface area contributed by atoms with E-state index in [0.29, 0.717) is 18.6 Å². The van der Waals surface area contributed by atoms with E-state index in [2.05, 4.69) is 0 Å². The Morgan fingerprint density at radius 2 is 2.17 bits per heavy atom. The van der Waals surface area contributed by atoms with Gasteiger partial charge in [0.05, 0.1) is 0 Å². The Labute approximate surface area is 108 Å². The predicted octanol–water partition coefficient (Wildman–Crippen LogP) is 2.98. The average Bonchev–Trinajstić information content (AvgIpc) is 2.35. The Bertz CT molecular complexity index is 479. The summed E-state index contributed by atoms with van der Waals surface area (Å²) in [4.78, 5) is 10.4. The van der Waals surface area contributed by atoms with E-state index >= 15 is 0 Å². The minimum atomic E-state index is -0.293. The number of aryl methyl sites for hydroxylation is 1. The zero-order valence-electron chi connectivity index (χ0n) is 11.2. The first-order valence-electron chi connectivity index (χ1n) is 6.33. The fourth-order valence-corrected chi connectivity index (χ4v) is 2.46. The van der Waals surface area contributed by atoms with Gasteiger partial charge in [-0.05, 0) is 62.8 Å². The molecule has 97 valence electrons. The van der Waals surface area contributed by atoms with Crippen molar-refractivity contribution in [2.24, 2.45) is 0 Å². The number of phenolic OH excluding ortho intramolecular Hbond substituents is 1. The van der Waals surface area contributed by atoms with Crippen LogP contribution < -0.4 is 4.74 Å². The largest absolute Gasteiger partial charge is 0.508 e. The first-order chi connectivity index (χ1) is 8.47. The predicted molar refractivity (Wildman–Crippen MR) is 69.9 cm³/mol. The molecule has 0 saturated heterocycles. The maximum atomic E-state index is 10.4. The third-order valence-electron chi connectivity index (χ3n) is 3.92. The van der Waals surface area contributed by atoms with Crippen molar-refractivity contribution in [2.45, 2.75) is 52.1 Å². The lowest BCUT2D eigenvalue weighted by molar-refractivity contribution is 0.0570. The normalized spacial score (nSPS) is 22.2. The van der Waals surface area contributed by atoms with Gasteiger partial charge in [-0.1, -0.05) is 0 Å². The molecule has 1 aliphatic rings. The van der Waals surface area contributed by atoms with Gasteiger partial charge in [0, 0.05) is 6.42 Å². The maximum absolute atomic E-state index is 10.4. The molecule has 1 aromatic rings. The summed E-state index contributed by atoms with van der Waals surface area (Å²) >= 11 is 0. The van der Waals surface area contributed by atoms with Crippen LogP contribution in [0.15, 0.2) is 6.07 Å². The molecule has 1 aliphatic heterocycles. The van der Waals surface area contributed by atoms with Gasteiger partial charge >= 0.3 is 0 Å². The molecule has 0 aromatic heterocycles. The lowest BCUT2D eigenvalue weighted by Crippen LogP contribution is -2.36. The van der Waals surface area contributed by atoms with Gasteiger partial charge < -0.3 is 9.84 Å². The second-order valence-electron chi connectivity index (χ2n) is 5.33. The molecule has 1 radical (unpaired) electrons. The van der Waals surface area contributed by atoms with Gasteiger partial charge in [-0.15, -0.1) is 0 Å². The first-order valence-corrected chi connectivity index (χ1v) is 6.33. The molecule has 1 N–H and O–H groups in total. The molecule has 0 amide bonds. The van der Waals surface area contributed by atoms with Crippen LogP contribution in [0.2, 0.25) is 0 Å². The Morgan fingerprint density at radius 3 is 2.83 bits per heavy atom. The fourth-order valence-electron chi connectivity index (χ4n) is 2.46. The summed E-state index contributed by atoms with van der Waals surface area (Å²) in [5.41, 5.74) is 2.62. The highest BCUT2D eigenvalue weighted by Gasteiger charge is 2.32. The highest BCUT2D eigenvalue weighted by atomic mass is 16.5. The third-order valence-corrected chi connectivity index (χ3v) is 3.92. The highest BCUT2D eigenvalue weighted by molar-refractivity contribution is 5.53. The van der Waals surface area contributed by atoms with Gasteiger partial charge in [0.25, 0.3) is 0 Å².